The zero-order chi connectivity index (χ0) is 17.4. The van der Waals surface area contributed by atoms with Crippen LogP contribution in [0.5, 0.6) is 0 Å². The number of hydrogen-bond acceptors (Lipinski definition) is 5. The van der Waals surface area contributed by atoms with Crippen LogP contribution in [-0.4, -0.2) is 19.4 Å². The van der Waals surface area contributed by atoms with Crippen LogP contribution in [0.25, 0.3) is 28.3 Å². The van der Waals surface area contributed by atoms with Gasteiger partial charge in [0.2, 0.25) is 5.95 Å². The number of aromatic nitrogens is 4. The molecule has 4 aromatic rings. The van der Waals surface area contributed by atoms with E-state index in [0.29, 0.717) is 16.9 Å². The summed E-state index contributed by atoms with van der Waals surface area (Å²) in [5, 5.41) is 9.15. The molecule has 4 rings (SSSR count). The van der Waals surface area contributed by atoms with Crippen molar-refractivity contribution in [3.8, 4) is 28.7 Å². The molecule has 3 aromatic heterocycles. The second-order valence-corrected chi connectivity index (χ2v) is 5.73. The van der Waals surface area contributed by atoms with Crippen molar-refractivity contribution in [1.82, 2.24) is 19.4 Å². The van der Waals surface area contributed by atoms with Crippen molar-refractivity contribution < 1.29 is 0 Å². The summed E-state index contributed by atoms with van der Waals surface area (Å²) in [6.07, 6.45) is 3.45. The highest BCUT2D eigenvalue weighted by molar-refractivity contribution is 5.81. The van der Waals surface area contributed by atoms with Crippen molar-refractivity contribution >= 4 is 11.6 Å². The smallest absolute Gasteiger partial charge is 0.220 e. The number of pyridine rings is 1. The molecule has 2 N–H and O–H groups in total. The summed E-state index contributed by atoms with van der Waals surface area (Å²) >= 11 is 0. The molecule has 1 aromatic carbocycles. The highest BCUT2D eigenvalue weighted by Gasteiger charge is 2.17. The molecule has 0 atom stereocenters. The summed E-state index contributed by atoms with van der Waals surface area (Å²) in [6, 6.07) is 15.6. The lowest BCUT2D eigenvalue weighted by Crippen LogP contribution is -1.98. The molecule has 0 radical (unpaired) electrons. The molecule has 6 nitrogen and oxygen atoms in total. The first-order valence-corrected chi connectivity index (χ1v) is 7.74. The fourth-order valence-corrected chi connectivity index (χ4v) is 2.78. The molecule has 3 heterocycles. The van der Waals surface area contributed by atoms with Gasteiger partial charge in [0.1, 0.15) is 5.65 Å². The Labute approximate surface area is 144 Å². The van der Waals surface area contributed by atoms with Crippen LogP contribution in [-0.2, 0) is 0 Å². The molecule has 0 aliphatic carbocycles. The summed E-state index contributed by atoms with van der Waals surface area (Å²) in [5.74, 6) is 0.205. The zero-order valence-corrected chi connectivity index (χ0v) is 13.5. The Kier molecular flexibility index (Phi) is 3.40. The van der Waals surface area contributed by atoms with Gasteiger partial charge in [-0.2, -0.15) is 5.26 Å². The third kappa shape index (κ3) is 2.58. The van der Waals surface area contributed by atoms with Gasteiger partial charge in [0.05, 0.1) is 28.7 Å². The predicted molar refractivity (Wildman–Crippen MR) is 95.5 cm³/mol. The first-order valence-electron chi connectivity index (χ1n) is 7.74. The molecule has 0 spiro atoms. The van der Waals surface area contributed by atoms with Crippen molar-refractivity contribution in [2.75, 3.05) is 5.73 Å². The van der Waals surface area contributed by atoms with Crippen LogP contribution in [0.3, 0.4) is 0 Å². The van der Waals surface area contributed by atoms with E-state index in [0.717, 1.165) is 17.0 Å². The Morgan fingerprint density at radius 3 is 2.60 bits per heavy atom. The molecule has 0 amide bonds. The Balaban J connectivity index is 2.05. The lowest BCUT2D eigenvalue weighted by Gasteiger charge is -2.06. The fourth-order valence-electron chi connectivity index (χ4n) is 2.78. The topological polar surface area (TPSA) is 92.9 Å². The highest BCUT2D eigenvalue weighted by atomic mass is 15.1. The van der Waals surface area contributed by atoms with Crippen molar-refractivity contribution in [2.45, 2.75) is 6.92 Å². The molecular formula is C19H14N6. The minimum Gasteiger partial charge on any atom is -0.368 e. The molecule has 25 heavy (non-hydrogen) atoms. The van der Waals surface area contributed by atoms with E-state index in [-0.39, 0.29) is 5.95 Å². The molecule has 0 saturated heterocycles. The monoisotopic (exact) mass is 326 g/mol. The maximum Gasteiger partial charge on any atom is 0.220 e. The summed E-state index contributed by atoms with van der Waals surface area (Å²) in [6.45, 7) is 2.04. The Bertz CT molecular complexity index is 1120. The molecule has 0 saturated carbocycles. The predicted octanol–water partition coefficient (Wildman–Crippen LogP) is 3.22. The quantitative estimate of drug-likeness (QED) is 0.610. The van der Waals surface area contributed by atoms with Gasteiger partial charge in [-0.1, -0.05) is 29.8 Å². The SMILES string of the molecule is Cc1ccc(-c2nc3cc(C#N)ccn3c2-c2ccnc(N)n2)cc1. The second kappa shape index (κ2) is 5.73. The maximum atomic E-state index is 9.15. The van der Waals surface area contributed by atoms with E-state index in [1.54, 1.807) is 24.4 Å². The number of rotatable bonds is 2. The van der Waals surface area contributed by atoms with Crippen LogP contribution in [0.4, 0.5) is 5.95 Å². The largest absolute Gasteiger partial charge is 0.368 e. The summed E-state index contributed by atoms with van der Waals surface area (Å²) in [4.78, 5) is 13.1. The first kappa shape index (κ1) is 14.8. The number of imidazole rings is 1. The molecular weight excluding hydrogens is 312 g/mol. The molecule has 120 valence electrons. The van der Waals surface area contributed by atoms with E-state index in [2.05, 4.69) is 16.0 Å². The minimum absolute atomic E-state index is 0.205. The molecule has 0 fully saturated rings. The number of nitriles is 1. The average molecular weight is 326 g/mol. The average Bonchev–Trinajstić information content (AvgIpc) is 3.00. The highest BCUT2D eigenvalue weighted by Crippen LogP contribution is 2.32. The number of hydrogen-bond donors (Lipinski definition) is 1. The van der Waals surface area contributed by atoms with Gasteiger partial charge in [0.15, 0.2) is 0 Å². The summed E-state index contributed by atoms with van der Waals surface area (Å²) in [5.41, 5.74) is 11.4. The number of nitrogens with zero attached hydrogens (tertiary/aromatic N) is 5. The van der Waals surface area contributed by atoms with E-state index >= 15 is 0 Å². The molecule has 0 unspecified atom stereocenters. The minimum atomic E-state index is 0.205. The number of aryl methyl sites for hydroxylation is 1. The number of anilines is 1. The number of nitrogens with two attached hydrogens (primary N) is 1. The Hall–Kier alpha value is -3.72. The van der Waals surface area contributed by atoms with E-state index in [4.69, 9.17) is 16.0 Å². The second-order valence-electron chi connectivity index (χ2n) is 5.73. The number of fused-ring (bicyclic) bond motifs is 1. The van der Waals surface area contributed by atoms with Gasteiger partial charge in [-0.05, 0) is 25.1 Å². The van der Waals surface area contributed by atoms with Gasteiger partial charge in [-0.3, -0.25) is 4.40 Å². The van der Waals surface area contributed by atoms with E-state index < -0.39 is 0 Å². The van der Waals surface area contributed by atoms with Crippen LogP contribution in [0, 0.1) is 18.3 Å². The van der Waals surface area contributed by atoms with Crippen LogP contribution in [0.1, 0.15) is 11.1 Å². The molecule has 0 aliphatic heterocycles. The van der Waals surface area contributed by atoms with Crippen LogP contribution in [0.15, 0.2) is 54.9 Å². The van der Waals surface area contributed by atoms with E-state index in [1.165, 1.54) is 5.56 Å². The Morgan fingerprint density at radius 1 is 1.08 bits per heavy atom. The summed E-state index contributed by atoms with van der Waals surface area (Å²) in [7, 11) is 0. The molecule has 6 heteroatoms. The van der Waals surface area contributed by atoms with Crippen molar-refractivity contribution in [3.63, 3.8) is 0 Å². The Morgan fingerprint density at radius 2 is 1.88 bits per heavy atom. The third-order valence-electron chi connectivity index (χ3n) is 4.00. The van der Waals surface area contributed by atoms with Gasteiger partial charge in [0, 0.05) is 18.0 Å². The third-order valence-corrected chi connectivity index (χ3v) is 4.00. The zero-order valence-electron chi connectivity index (χ0n) is 13.5. The van der Waals surface area contributed by atoms with Gasteiger partial charge in [-0.15, -0.1) is 0 Å². The normalized spacial score (nSPS) is 10.7. The maximum absolute atomic E-state index is 9.15. The fraction of sp³-hybridized carbons (Fsp3) is 0.0526. The van der Waals surface area contributed by atoms with Gasteiger partial charge in [0.25, 0.3) is 0 Å². The van der Waals surface area contributed by atoms with Gasteiger partial charge < -0.3 is 5.73 Å². The van der Waals surface area contributed by atoms with Crippen molar-refractivity contribution in [1.29, 1.82) is 5.26 Å². The van der Waals surface area contributed by atoms with Crippen LogP contribution >= 0.6 is 0 Å². The van der Waals surface area contributed by atoms with Crippen molar-refractivity contribution in [3.05, 3.63) is 66.0 Å². The number of benzene rings is 1. The lowest BCUT2D eigenvalue weighted by molar-refractivity contribution is 1.13. The molecule has 0 aliphatic rings. The van der Waals surface area contributed by atoms with Crippen LogP contribution < -0.4 is 5.73 Å². The van der Waals surface area contributed by atoms with E-state index in [9.17, 15) is 0 Å². The summed E-state index contributed by atoms with van der Waals surface area (Å²) < 4.78 is 1.91. The first-order chi connectivity index (χ1) is 12.2. The number of nitrogen functional groups attached to an aromatic ring is 1. The lowest BCUT2D eigenvalue weighted by atomic mass is 10.1. The van der Waals surface area contributed by atoms with Gasteiger partial charge >= 0.3 is 0 Å². The van der Waals surface area contributed by atoms with E-state index in [1.807, 2.05) is 41.8 Å². The van der Waals surface area contributed by atoms with Crippen LogP contribution in [0.2, 0.25) is 0 Å². The van der Waals surface area contributed by atoms with Gasteiger partial charge in [-0.25, -0.2) is 15.0 Å². The molecule has 0 bridgehead atoms. The van der Waals surface area contributed by atoms with Crippen molar-refractivity contribution in [2.24, 2.45) is 0 Å². The standard InChI is InChI=1S/C19H14N6/c1-12-2-4-14(5-3-12)17-18(15-6-8-22-19(21)23-15)25-9-7-13(11-20)10-16(25)24-17/h2-10H,1H3,(H2,21,22,23).